The molecule has 0 atom stereocenters. The van der Waals surface area contributed by atoms with E-state index in [0.29, 0.717) is 25.2 Å². The van der Waals surface area contributed by atoms with Crippen molar-refractivity contribution in [2.45, 2.75) is 148 Å². The number of hydrogen-bond donors (Lipinski definition) is 0. The zero-order chi connectivity index (χ0) is 25.9. The Morgan fingerprint density at radius 1 is 0.528 bits per heavy atom. The molecule has 4 heteroatoms. The van der Waals surface area contributed by atoms with E-state index in [-0.39, 0.29) is 11.9 Å². The molecular weight excluding hydrogens is 448 g/mol. The van der Waals surface area contributed by atoms with Crippen molar-refractivity contribution in [2.24, 2.45) is 0 Å². The fourth-order valence-electron chi connectivity index (χ4n) is 4.47. The summed E-state index contributed by atoms with van der Waals surface area (Å²) < 4.78 is 10.7. The first-order valence-electron chi connectivity index (χ1n) is 15.1. The molecule has 0 heterocycles. The zero-order valence-corrected chi connectivity index (χ0v) is 23.3. The topological polar surface area (TPSA) is 52.6 Å². The van der Waals surface area contributed by atoms with Gasteiger partial charge in [-0.15, -0.1) is 0 Å². The van der Waals surface area contributed by atoms with Crippen molar-refractivity contribution in [1.82, 2.24) is 0 Å². The van der Waals surface area contributed by atoms with Crippen molar-refractivity contribution in [2.75, 3.05) is 6.61 Å². The molecule has 0 bridgehead atoms. The maximum Gasteiger partial charge on any atom is 0.311 e. The van der Waals surface area contributed by atoms with Gasteiger partial charge in [0.1, 0.15) is 5.75 Å². The minimum atomic E-state index is -0.164. The van der Waals surface area contributed by atoms with Gasteiger partial charge >= 0.3 is 11.9 Å². The largest absolute Gasteiger partial charge is 0.466 e. The second-order valence-electron chi connectivity index (χ2n) is 10.2. The molecule has 1 rings (SSSR count). The molecule has 0 N–H and O–H groups in total. The summed E-state index contributed by atoms with van der Waals surface area (Å²) in [5, 5.41) is 0. The summed E-state index contributed by atoms with van der Waals surface area (Å²) in [5.74, 6) is 0.398. The van der Waals surface area contributed by atoms with E-state index in [1.165, 1.54) is 83.5 Å². The second kappa shape index (κ2) is 24.8. The molecule has 0 aliphatic rings. The van der Waals surface area contributed by atoms with Gasteiger partial charge in [-0.3, -0.25) is 9.59 Å². The molecule has 0 saturated heterocycles. The van der Waals surface area contributed by atoms with E-state index in [1.54, 1.807) is 12.1 Å². The average molecular weight is 503 g/mol. The molecule has 0 saturated carbocycles. The van der Waals surface area contributed by atoms with E-state index in [4.69, 9.17) is 9.47 Å². The standard InChI is InChI=1S/C32H54O4/c1-2-3-4-5-6-7-8-9-10-11-12-15-18-24-29-35-31(33)27-22-16-13-14-17-23-28-32(34)36-30-25-20-19-21-26-30/h19-21,25-26H,2-18,22-24,27-29H2,1H3. The van der Waals surface area contributed by atoms with Gasteiger partial charge in [-0.1, -0.05) is 134 Å². The lowest BCUT2D eigenvalue weighted by Gasteiger charge is -2.06. The Bertz CT molecular complexity index is 628. The second-order valence-corrected chi connectivity index (χ2v) is 10.2. The van der Waals surface area contributed by atoms with Crippen LogP contribution in [-0.4, -0.2) is 18.5 Å². The number of para-hydroxylation sites is 1. The van der Waals surface area contributed by atoms with Crippen LogP contribution in [0, 0.1) is 0 Å². The van der Waals surface area contributed by atoms with Gasteiger partial charge in [0, 0.05) is 12.8 Å². The highest BCUT2D eigenvalue weighted by Crippen LogP contribution is 2.14. The highest BCUT2D eigenvalue weighted by atomic mass is 16.5. The normalized spacial score (nSPS) is 10.9. The molecule has 4 nitrogen and oxygen atoms in total. The van der Waals surface area contributed by atoms with Gasteiger partial charge in [0.05, 0.1) is 6.61 Å². The highest BCUT2D eigenvalue weighted by molar-refractivity contribution is 5.72. The van der Waals surface area contributed by atoms with Crippen LogP contribution in [-0.2, 0) is 14.3 Å². The quantitative estimate of drug-likeness (QED) is 0.0758. The van der Waals surface area contributed by atoms with Crippen molar-refractivity contribution in [3.63, 3.8) is 0 Å². The predicted molar refractivity (Wildman–Crippen MR) is 150 cm³/mol. The SMILES string of the molecule is CCCCCCCCCCCCCCCCOC(=O)CCCCCCCCC(=O)Oc1ccccc1. The highest BCUT2D eigenvalue weighted by Gasteiger charge is 2.05. The van der Waals surface area contributed by atoms with Gasteiger partial charge in [-0.2, -0.15) is 0 Å². The molecule has 1 aromatic carbocycles. The Kier molecular flexibility index (Phi) is 22.2. The number of carbonyl (C=O) groups is 2. The van der Waals surface area contributed by atoms with E-state index in [0.717, 1.165) is 44.9 Å². The lowest BCUT2D eigenvalue weighted by molar-refractivity contribution is -0.144. The van der Waals surface area contributed by atoms with Crippen LogP contribution < -0.4 is 4.74 Å². The summed E-state index contributed by atoms with van der Waals surface area (Å²) in [5.41, 5.74) is 0. The van der Waals surface area contributed by atoms with Crippen LogP contribution in [0.1, 0.15) is 148 Å². The Labute approximate surface area is 221 Å². The monoisotopic (exact) mass is 502 g/mol. The molecule has 0 unspecified atom stereocenters. The van der Waals surface area contributed by atoms with E-state index in [9.17, 15) is 9.59 Å². The summed E-state index contributed by atoms with van der Waals surface area (Å²) >= 11 is 0. The molecule has 36 heavy (non-hydrogen) atoms. The average Bonchev–Trinajstić information content (AvgIpc) is 2.88. The van der Waals surface area contributed by atoms with Crippen LogP contribution in [0.25, 0.3) is 0 Å². The number of hydrogen-bond acceptors (Lipinski definition) is 4. The van der Waals surface area contributed by atoms with Crippen molar-refractivity contribution in [3.8, 4) is 5.75 Å². The van der Waals surface area contributed by atoms with Crippen molar-refractivity contribution < 1.29 is 19.1 Å². The Morgan fingerprint density at radius 2 is 0.944 bits per heavy atom. The van der Waals surface area contributed by atoms with Crippen LogP contribution in [0.15, 0.2) is 30.3 Å². The molecule has 0 aliphatic heterocycles. The third-order valence-electron chi connectivity index (χ3n) is 6.75. The minimum Gasteiger partial charge on any atom is -0.466 e. The summed E-state index contributed by atoms with van der Waals surface area (Å²) in [6.07, 6.45) is 25.7. The smallest absolute Gasteiger partial charge is 0.311 e. The van der Waals surface area contributed by atoms with Crippen LogP contribution in [0.3, 0.4) is 0 Å². The van der Waals surface area contributed by atoms with Crippen molar-refractivity contribution in [3.05, 3.63) is 30.3 Å². The minimum absolute atomic E-state index is 0.0478. The third kappa shape index (κ3) is 21.4. The Balaban J connectivity index is 1.75. The number of benzene rings is 1. The van der Waals surface area contributed by atoms with Crippen LogP contribution in [0.4, 0.5) is 0 Å². The summed E-state index contributed by atoms with van der Waals surface area (Å²) in [6.45, 7) is 2.85. The molecule has 0 fully saturated rings. The van der Waals surface area contributed by atoms with Gasteiger partial charge in [-0.25, -0.2) is 0 Å². The molecule has 0 spiro atoms. The number of esters is 2. The first kappa shape index (κ1) is 32.2. The van der Waals surface area contributed by atoms with Gasteiger partial charge in [0.15, 0.2) is 0 Å². The molecule has 0 amide bonds. The lowest BCUT2D eigenvalue weighted by atomic mass is 10.0. The number of ether oxygens (including phenoxy) is 2. The third-order valence-corrected chi connectivity index (χ3v) is 6.75. The summed E-state index contributed by atoms with van der Waals surface area (Å²) in [6, 6.07) is 9.21. The Morgan fingerprint density at radius 3 is 1.44 bits per heavy atom. The van der Waals surface area contributed by atoms with E-state index in [1.807, 2.05) is 18.2 Å². The Hall–Kier alpha value is -1.84. The van der Waals surface area contributed by atoms with Gasteiger partial charge < -0.3 is 9.47 Å². The van der Waals surface area contributed by atoms with E-state index >= 15 is 0 Å². The van der Waals surface area contributed by atoms with Gasteiger partial charge in [0.25, 0.3) is 0 Å². The van der Waals surface area contributed by atoms with Gasteiger partial charge in [0.2, 0.25) is 0 Å². The maximum atomic E-state index is 11.9. The zero-order valence-electron chi connectivity index (χ0n) is 23.3. The van der Waals surface area contributed by atoms with Crippen molar-refractivity contribution >= 4 is 11.9 Å². The van der Waals surface area contributed by atoms with E-state index < -0.39 is 0 Å². The number of rotatable bonds is 25. The maximum absolute atomic E-state index is 11.9. The fourth-order valence-corrected chi connectivity index (χ4v) is 4.47. The molecule has 0 aliphatic carbocycles. The molecular formula is C32H54O4. The van der Waals surface area contributed by atoms with Crippen LogP contribution in [0.2, 0.25) is 0 Å². The van der Waals surface area contributed by atoms with E-state index in [2.05, 4.69) is 6.92 Å². The summed E-state index contributed by atoms with van der Waals surface area (Å²) in [4.78, 5) is 23.7. The van der Waals surface area contributed by atoms with Crippen molar-refractivity contribution in [1.29, 1.82) is 0 Å². The lowest BCUT2D eigenvalue weighted by Crippen LogP contribution is -2.07. The molecule has 0 radical (unpaired) electrons. The number of carbonyl (C=O) groups excluding carboxylic acids is 2. The number of unbranched alkanes of at least 4 members (excludes halogenated alkanes) is 18. The first-order valence-corrected chi connectivity index (χ1v) is 15.1. The first-order chi connectivity index (χ1) is 17.7. The van der Waals surface area contributed by atoms with Gasteiger partial charge in [-0.05, 0) is 31.4 Å². The predicted octanol–water partition coefficient (Wildman–Crippen LogP) is 9.74. The molecule has 0 aromatic heterocycles. The fraction of sp³-hybridized carbons (Fsp3) is 0.750. The molecule has 206 valence electrons. The summed E-state index contributed by atoms with van der Waals surface area (Å²) in [7, 11) is 0. The van der Waals surface area contributed by atoms with Crippen LogP contribution >= 0.6 is 0 Å². The molecule has 1 aromatic rings. The van der Waals surface area contributed by atoms with Crippen LogP contribution in [0.5, 0.6) is 5.75 Å².